The topological polar surface area (TPSA) is 78.9 Å². The summed E-state index contributed by atoms with van der Waals surface area (Å²) >= 11 is 0. The molecule has 2 amide bonds. The molecular weight excluding hydrogens is 296 g/mol. The molecule has 0 aromatic heterocycles. The van der Waals surface area contributed by atoms with Crippen LogP contribution >= 0.6 is 0 Å². The zero-order chi connectivity index (χ0) is 16.7. The molecule has 2 rings (SSSR count). The third kappa shape index (κ3) is 5.56. The lowest BCUT2D eigenvalue weighted by molar-refractivity contribution is -0.123. The second-order valence-electron chi connectivity index (χ2n) is 5.92. The van der Waals surface area contributed by atoms with E-state index in [-0.39, 0.29) is 25.1 Å². The van der Waals surface area contributed by atoms with Gasteiger partial charge in [0.2, 0.25) is 5.91 Å². The predicted molar refractivity (Wildman–Crippen MR) is 85.7 cm³/mol. The molecule has 0 saturated heterocycles. The Morgan fingerprint density at radius 3 is 2.65 bits per heavy atom. The van der Waals surface area contributed by atoms with Gasteiger partial charge in [0, 0.05) is 7.05 Å². The molecule has 23 heavy (non-hydrogen) atoms. The number of benzene rings is 1. The lowest BCUT2D eigenvalue weighted by Crippen LogP contribution is -2.48. The highest BCUT2D eigenvalue weighted by Crippen LogP contribution is 2.18. The maximum Gasteiger partial charge on any atom is 0.410 e. The summed E-state index contributed by atoms with van der Waals surface area (Å²) in [6.45, 7) is 0.0871. The fourth-order valence-corrected chi connectivity index (χ4v) is 2.64. The Kier molecular flexibility index (Phi) is 6.40. The van der Waals surface area contributed by atoms with Gasteiger partial charge in [0.15, 0.2) is 0 Å². The van der Waals surface area contributed by atoms with Crippen molar-refractivity contribution in [1.82, 2.24) is 10.2 Å². The first-order chi connectivity index (χ1) is 11.1. The third-order valence-corrected chi connectivity index (χ3v) is 3.97. The summed E-state index contributed by atoms with van der Waals surface area (Å²) in [6, 6.07) is 9.15. The number of carbonyl (C=O) groups excluding carboxylic acids is 2. The molecule has 126 valence electrons. The molecule has 1 unspecified atom stereocenters. The molecule has 1 saturated carbocycles. The van der Waals surface area contributed by atoms with Crippen molar-refractivity contribution in [2.24, 2.45) is 0 Å². The number of nitrogens with one attached hydrogen (secondary N) is 1. The number of aliphatic hydroxyl groups is 1. The van der Waals surface area contributed by atoms with Gasteiger partial charge in [-0.25, -0.2) is 4.79 Å². The van der Waals surface area contributed by atoms with E-state index < -0.39 is 12.2 Å². The van der Waals surface area contributed by atoms with Crippen LogP contribution in [0.1, 0.15) is 31.2 Å². The second kappa shape index (κ2) is 8.53. The van der Waals surface area contributed by atoms with Gasteiger partial charge in [0.05, 0.1) is 12.1 Å². The number of rotatable bonds is 5. The molecule has 0 radical (unpaired) electrons. The van der Waals surface area contributed by atoms with E-state index in [9.17, 15) is 14.7 Å². The van der Waals surface area contributed by atoms with E-state index in [1.54, 1.807) is 0 Å². The molecule has 6 heteroatoms. The van der Waals surface area contributed by atoms with Gasteiger partial charge in [-0.1, -0.05) is 43.2 Å². The van der Waals surface area contributed by atoms with Gasteiger partial charge in [-0.2, -0.15) is 0 Å². The van der Waals surface area contributed by atoms with E-state index in [2.05, 4.69) is 5.32 Å². The molecular formula is C17H24N2O4. The van der Waals surface area contributed by atoms with Crippen molar-refractivity contribution in [2.45, 2.75) is 44.4 Å². The highest BCUT2D eigenvalue weighted by atomic mass is 16.6. The summed E-state index contributed by atoms with van der Waals surface area (Å²) in [6.07, 6.45) is 2.42. The average Bonchev–Trinajstić information content (AvgIpc) is 2.55. The van der Waals surface area contributed by atoms with Crippen molar-refractivity contribution in [3.05, 3.63) is 35.9 Å². The van der Waals surface area contributed by atoms with Gasteiger partial charge in [-0.3, -0.25) is 4.79 Å². The minimum absolute atomic E-state index is 0.0865. The Morgan fingerprint density at radius 1 is 1.26 bits per heavy atom. The SMILES string of the molecule is CN(CC(=O)N[C@@H]1CCCCC1O)C(=O)OCc1ccccc1. The van der Waals surface area contributed by atoms with Crippen LogP contribution in [-0.2, 0) is 16.1 Å². The number of nitrogens with zero attached hydrogens (tertiary/aromatic N) is 1. The highest BCUT2D eigenvalue weighted by Gasteiger charge is 2.25. The molecule has 1 aliphatic carbocycles. The van der Waals surface area contributed by atoms with Gasteiger partial charge in [0.25, 0.3) is 0 Å². The Hall–Kier alpha value is -2.08. The van der Waals surface area contributed by atoms with Crippen molar-refractivity contribution < 1.29 is 19.4 Å². The first kappa shape index (κ1) is 17.3. The summed E-state index contributed by atoms with van der Waals surface area (Å²) in [5, 5.41) is 12.6. The van der Waals surface area contributed by atoms with Gasteiger partial charge < -0.3 is 20.1 Å². The molecule has 6 nitrogen and oxygen atoms in total. The molecule has 1 aromatic carbocycles. The zero-order valence-corrected chi connectivity index (χ0v) is 13.4. The number of amides is 2. The maximum absolute atomic E-state index is 12.0. The Balaban J connectivity index is 1.73. The van der Waals surface area contributed by atoms with Crippen LogP contribution in [0.25, 0.3) is 0 Å². The van der Waals surface area contributed by atoms with Crippen LogP contribution in [0, 0.1) is 0 Å². The maximum atomic E-state index is 12.0. The molecule has 0 heterocycles. The quantitative estimate of drug-likeness (QED) is 0.865. The van der Waals surface area contributed by atoms with Crippen molar-refractivity contribution in [2.75, 3.05) is 13.6 Å². The average molecular weight is 320 g/mol. The summed E-state index contributed by atoms with van der Waals surface area (Å²) in [5.41, 5.74) is 0.893. The van der Waals surface area contributed by atoms with E-state index in [0.29, 0.717) is 6.42 Å². The van der Waals surface area contributed by atoms with Crippen molar-refractivity contribution in [3.8, 4) is 0 Å². The monoisotopic (exact) mass is 320 g/mol. The Bertz CT molecular complexity index is 521. The summed E-state index contributed by atoms with van der Waals surface area (Å²) in [5.74, 6) is -0.282. The van der Waals surface area contributed by atoms with Crippen molar-refractivity contribution in [3.63, 3.8) is 0 Å². The number of ether oxygens (including phenoxy) is 1. The van der Waals surface area contributed by atoms with Gasteiger partial charge in [0.1, 0.15) is 13.2 Å². The molecule has 2 N–H and O–H groups in total. The van der Waals surface area contributed by atoms with E-state index in [0.717, 1.165) is 24.8 Å². The lowest BCUT2D eigenvalue weighted by Gasteiger charge is -2.29. The Morgan fingerprint density at radius 2 is 1.96 bits per heavy atom. The number of carbonyl (C=O) groups is 2. The largest absolute Gasteiger partial charge is 0.445 e. The first-order valence-corrected chi connectivity index (χ1v) is 7.95. The smallest absolute Gasteiger partial charge is 0.410 e. The molecule has 0 aliphatic heterocycles. The van der Waals surface area contributed by atoms with E-state index >= 15 is 0 Å². The van der Waals surface area contributed by atoms with E-state index in [1.807, 2.05) is 30.3 Å². The second-order valence-corrected chi connectivity index (χ2v) is 5.92. The minimum Gasteiger partial charge on any atom is -0.445 e. The van der Waals surface area contributed by atoms with Crippen LogP contribution in [0.3, 0.4) is 0 Å². The summed E-state index contributed by atoms with van der Waals surface area (Å²) < 4.78 is 5.16. The van der Waals surface area contributed by atoms with Crippen LogP contribution < -0.4 is 5.32 Å². The third-order valence-electron chi connectivity index (χ3n) is 3.97. The van der Waals surface area contributed by atoms with Gasteiger partial charge in [-0.15, -0.1) is 0 Å². The number of hydrogen-bond donors (Lipinski definition) is 2. The molecule has 0 spiro atoms. The standard InChI is InChI=1S/C17H24N2O4/c1-19(17(22)23-12-13-7-3-2-4-8-13)11-16(21)18-14-9-5-6-10-15(14)20/h2-4,7-8,14-15,20H,5-6,9-12H2,1H3,(H,18,21)/t14-,15?/m1/s1. The molecule has 1 fully saturated rings. The van der Waals surface area contributed by atoms with Crippen LogP contribution in [0.2, 0.25) is 0 Å². The molecule has 2 atom stereocenters. The summed E-state index contributed by atoms with van der Waals surface area (Å²) in [7, 11) is 1.52. The van der Waals surface area contributed by atoms with Crippen LogP contribution in [0.5, 0.6) is 0 Å². The zero-order valence-electron chi connectivity index (χ0n) is 13.4. The van der Waals surface area contributed by atoms with E-state index in [4.69, 9.17) is 4.74 Å². The number of likely N-dealkylation sites (N-methyl/N-ethyl adjacent to an activating group) is 1. The number of aliphatic hydroxyl groups excluding tert-OH is 1. The lowest BCUT2D eigenvalue weighted by atomic mass is 9.92. The minimum atomic E-state index is -0.548. The fraction of sp³-hybridized carbons (Fsp3) is 0.529. The fourth-order valence-electron chi connectivity index (χ4n) is 2.64. The van der Waals surface area contributed by atoms with Crippen LogP contribution in [0.15, 0.2) is 30.3 Å². The van der Waals surface area contributed by atoms with E-state index in [1.165, 1.54) is 11.9 Å². The molecule has 0 bridgehead atoms. The first-order valence-electron chi connectivity index (χ1n) is 7.95. The summed E-state index contributed by atoms with van der Waals surface area (Å²) in [4.78, 5) is 25.1. The number of hydrogen-bond acceptors (Lipinski definition) is 4. The van der Waals surface area contributed by atoms with Crippen molar-refractivity contribution >= 4 is 12.0 Å². The predicted octanol–water partition coefficient (Wildman–Crippen LogP) is 1.67. The Labute approximate surface area is 136 Å². The van der Waals surface area contributed by atoms with Gasteiger partial charge in [-0.05, 0) is 18.4 Å². The van der Waals surface area contributed by atoms with Gasteiger partial charge >= 0.3 is 6.09 Å². The highest BCUT2D eigenvalue weighted by molar-refractivity contribution is 5.82. The molecule has 1 aliphatic rings. The normalized spacial score (nSPS) is 20.6. The van der Waals surface area contributed by atoms with Crippen LogP contribution in [0.4, 0.5) is 4.79 Å². The van der Waals surface area contributed by atoms with Crippen LogP contribution in [-0.4, -0.2) is 47.7 Å². The van der Waals surface area contributed by atoms with Crippen molar-refractivity contribution in [1.29, 1.82) is 0 Å². The molecule has 1 aromatic rings.